The number of hydrogen-bond acceptors (Lipinski definition) is 5. The lowest BCUT2D eigenvalue weighted by atomic mass is 10.1. The maximum atomic E-state index is 13.5. The number of anilines is 2. The Balaban J connectivity index is 1.83. The van der Waals surface area contributed by atoms with Gasteiger partial charge in [-0.05, 0) is 25.0 Å². The lowest BCUT2D eigenvalue weighted by Gasteiger charge is -2.18. The van der Waals surface area contributed by atoms with E-state index in [-0.39, 0.29) is 17.7 Å². The van der Waals surface area contributed by atoms with Crippen molar-refractivity contribution < 1.29 is 23.1 Å². The molecule has 9 heteroatoms. The minimum atomic E-state index is -4.81. The standard InChI is InChI=1S/C19H21F3N4O2/c20-19(21,22)16-15(17(28)24-12-6-3-1-2-4-7-12)11-23-18(26-16)25-13-8-5-9-14(27)10-13/h5,8-12,27H,1-4,6-7H2,(H,24,28)(H,23,25,26). The molecule has 0 saturated heterocycles. The van der Waals surface area contributed by atoms with Crippen molar-refractivity contribution in [2.75, 3.05) is 5.32 Å². The molecule has 28 heavy (non-hydrogen) atoms. The molecule has 150 valence electrons. The molecule has 0 spiro atoms. The predicted molar refractivity (Wildman–Crippen MR) is 97.4 cm³/mol. The average molecular weight is 394 g/mol. The third-order valence-electron chi connectivity index (χ3n) is 4.59. The normalized spacial score (nSPS) is 15.7. The third kappa shape index (κ3) is 5.11. The number of alkyl halides is 3. The maximum Gasteiger partial charge on any atom is 0.434 e. The summed E-state index contributed by atoms with van der Waals surface area (Å²) in [5, 5.41) is 14.7. The minimum absolute atomic E-state index is 0.0551. The Labute approximate surface area is 160 Å². The van der Waals surface area contributed by atoms with Crippen LogP contribution < -0.4 is 10.6 Å². The van der Waals surface area contributed by atoms with E-state index in [0.29, 0.717) is 5.69 Å². The second-order valence-corrected chi connectivity index (χ2v) is 6.79. The monoisotopic (exact) mass is 394 g/mol. The zero-order valence-corrected chi connectivity index (χ0v) is 15.1. The van der Waals surface area contributed by atoms with E-state index in [1.165, 1.54) is 18.2 Å². The van der Waals surface area contributed by atoms with Crippen LogP contribution in [0, 0.1) is 0 Å². The molecule has 1 saturated carbocycles. The van der Waals surface area contributed by atoms with Gasteiger partial charge >= 0.3 is 6.18 Å². The van der Waals surface area contributed by atoms with Crippen molar-refractivity contribution in [3.8, 4) is 5.75 Å². The molecule has 1 aliphatic rings. The molecule has 1 aliphatic carbocycles. The van der Waals surface area contributed by atoms with Gasteiger partial charge in [0.2, 0.25) is 5.95 Å². The van der Waals surface area contributed by atoms with E-state index in [0.717, 1.165) is 44.7 Å². The fraction of sp³-hybridized carbons (Fsp3) is 0.421. The number of benzene rings is 1. The Bertz CT molecular complexity index is 834. The van der Waals surface area contributed by atoms with Crippen LogP contribution in [0.1, 0.15) is 54.6 Å². The Morgan fingerprint density at radius 2 is 1.86 bits per heavy atom. The molecule has 6 nitrogen and oxygen atoms in total. The first-order chi connectivity index (χ1) is 13.3. The molecule has 1 amide bonds. The smallest absolute Gasteiger partial charge is 0.434 e. The third-order valence-corrected chi connectivity index (χ3v) is 4.59. The highest BCUT2D eigenvalue weighted by molar-refractivity contribution is 5.95. The van der Waals surface area contributed by atoms with Gasteiger partial charge in [-0.25, -0.2) is 9.97 Å². The molecule has 1 aromatic carbocycles. The molecular weight excluding hydrogens is 373 g/mol. The molecule has 1 aromatic heterocycles. The predicted octanol–water partition coefficient (Wildman–Crippen LogP) is 4.40. The number of rotatable bonds is 4. The number of aromatic nitrogens is 2. The molecule has 0 radical (unpaired) electrons. The molecular formula is C19H21F3N4O2. The molecule has 3 N–H and O–H groups in total. The number of nitrogens with zero attached hydrogens (tertiary/aromatic N) is 2. The quantitative estimate of drug-likeness (QED) is 0.669. The van der Waals surface area contributed by atoms with Gasteiger partial charge in [0.25, 0.3) is 5.91 Å². The molecule has 1 fully saturated rings. The van der Waals surface area contributed by atoms with Crippen molar-refractivity contribution in [2.24, 2.45) is 0 Å². The van der Waals surface area contributed by atoms with Crippen LogP contribution in [0.25, 0.3) is 0 Å². The maximum absolute atomic E-state index is 13.5. The second kappa shape index (κ2) is 8.45. The topological polar surface area (TPSA) is 87.1 Å². The Kier molecular flexibility index (Phi) is 6.01. The Morgan fingerprint density at radius 3 is 2.50 bits per heavy atom. The van der Waals surface area contributed by atoms with Crippen LogP contribution in [0.3, 0.4) is 0 Å². The summed E-state index contributed by atoms with van der Waals surface area (Å²) in [6.45, 7) is 0. The summed E-state index contributed by atoms with van der Waals surface area (Å²) < 4.78 is 40.5. The zero-order valence-electron chi connectivity index (χ0n) is 15.1. The fourth-order valence-corrected chi connectivity index (χ4v) is 3.22. The van der Waals surface area contributed by atoms with Gasteiger partial charge in [-0.3, -0.25) is 4.79 Å². The highest BCUT2D eigenvalue weighted by Gasteiger charge is 2.38. The number of carbonyl (C=O) groups excluding carboxylic acids is 1. The van der Waals surface area contributed by atoms with Crippen LogP contribution in [0.4, 0.5) is 24.8 Å². The van der Waals surface area contributed by atoms with Crippen molar-refractivity contribution in [2.45, 2.75) is 50.7 Å². The van der Waals surface area contributed by atoms with Crippen molar-refractivity contribution in [1.82, 2.24) is 15.3 Å². The lowest BCUT2D eigenvalue weighted by molar-refractivity contribution is -0.141. The number of nitrogens with one attached hydrogen (secondary N) is 2. The fourth-order valence-electron chi connectivity index (χ4n) is 3.22. The van der Waals surface area contributed by atoms with E-state index in [1.807, 2.05) is 0 Å². The highest BCUT2D eigenvalue weighted by Crippen LogP contribution is 2.31. The largest absolute Gasteiger partial charge is 0.508 e. The van der Waals surface area contributed by atoms with Gasteiger partial charge in [-0.2, -0.15) is 13.2 Å². The first kappa shape index (κ1) is 19.9. The number of halogens is 3. The molecule has 1 heterocycles. The van der Waals surface area contributed by atoms with Crippen molar-refractivity contribution in [3.63, 3.8) is 0 Å². The van der Waals surface area contributed by atoms with E-state index in [4.69, 9.17) is 0 Å². The lowest BCUT2D eigenvalue weighted by Crippen LogP contribution is -2.36. The van der Waals surface area contributed by atoms with Gasteiger partial charge in [-0.15, -0.1) is 0 Å². The summed E-state index contributed by atoms with van der Waals surface area (Å²) in [4.78, 5) is 19.8. The molecule has 2 aromatic rings. The first-order valence-electron chi connectivity index (χ1n) is 9.14. The second-order valence-electron chi connectivity index (χ2n) is 6.79. The summed E-state index contributed by atoms with van der Waals surface area (Å²) in [5.74, 6) is -1.19. The summed E-state index contributed by atoms with van der Waals surface area (Å²) in [6, 6.07) is 5.68. The zero-order chi connectivity index (χ0) is 20.1. The first-order valence-corrected chi connectivity index (χ1v) is 9.14. The van der Waals surface area contributed by atoms with Crippen LogP contribution in [0.5, 0.6) is 5.75 Å². The number of carbonyl (C=O) groups is 1. The summed E-state index contributed by atoms with van der Waals surface area (Å²) in [5.41, 5.74) is -1.57. The summed E-state index contributed by atoms with van der Waals surface area (Å²) in [6.07, 6.45) is 1.61. The number of hydrogen-bond donors (Lipinski definition) is 3. The molecule has 3 rings (SSSR count). The summed E-state index contributed by atoms with van der Waals surface area (Å²) in [7, 11) is 0. The van der Waals surface area contributed by atoms with Gasteiger partial charge in [0, 0.05) is 24.0 Å². The number of phenolic OH excluding ortho intramolecular Hbond substituents is 1. The van der Waals surface area contributed by atoms with Crippen LogP contribution >= 0.6 is 0 Å². The van der Waals surface area contributed by atoms with Crippen LogP contribution in [-0.2, 0) is 6.18 Å². The number of aromatic hydroxyl groups is 1. The van der Waals surface area contributed by atoms with Crippen molar-refractivity contribution >= 4 is 17.5 Å². The average Bonchev–Trinajstić information content (AvgIpc) is 2.89. The van der Waals surface area contributed by atoms with Gasteiger partial charge < -0.3 is 15.7 Å². The number of phenols is 1. The van der Waals surface area contributed by atoms with E-state index in [1.54, 1.807) is 6.07 Å². The van der Waals surface area contributed by atoms with E-state index < -0.39 is 23.3 Å². The van der Waals surface area contributed by atoms with Crippen LogP contribution in [0.15, 0.2) is 30.5 Å². The van der Waals surface area contributed by atoms with Gasteiger partial charge in [0.05, 0.1) is 5.56 Å². The SMILES string of the molecule is O=C(NC1CCCCCC1)c1cnc(Nc2cccc(O)c2)nc1C(F)(F)F. The highest BCUT2D eigenvalue weighted by atomic mass is 19.4. The van der Waals surface area contributed by atoms with Crippen molar-refractivity contribution in [3.05, 3.63) is 41.7 Å². The van der Waals surface area contributed by atoms with Gasteiger partial charge in [0.15, 0.2) is 5.69 Å². The molecule has 0 aliphatic heterocycles. The van der Waals surface area contributed by atoms with E-state index >= 15 is 0 Å². The number of amides is 1. The summed E-state index contributed by atoms with van der Waals surface area (Å²) >= 11 is 0. The van der Waals surface area contributed by atoms with Crippen molar-refractivity contribution in [1.29, 1.82) is 0 Å². The minimum Gasteiger partial charge on any atom is -0.508 e. The molecule has 0 bridgehead atoms. The Hall–Kier alpha value is -2.84. The van der Waals surface area contributed by atoms with Crippen LogP contribution in [0.2, 0.25) is 0 Å². The van der Waals surface area contributed by atoms with E-state index in [2.05, 4.69) is 20.6 Å². The van der Waals surface area contributed by atoms with Gasteiger partial charge in [-0.1, -0.05) is 31.7 Å². The van der Waals surface area contributed by atoms with Gasteiger partial charge in [0.1, 0.15) is 5.75 Å². The Morgan fingerprint density at radius 1 is 1.14 bits per heavy atom. The molecule has 0 unspecified atom stereocenters. The van der Waals surface area contributed by atoms with E-state index in [9.17, 15) is 23.1 Å². The molecule has 0 atom stereocenters. The van der Waals surface area contributed by atoms with Crippen LogP contribution in [-0.4, -0.2) is 27.0 Å².